The molecule has 2 rings (SSSR count). The van der Waals surface area contributed by atoms with Gasteiger partial charge in [-0.1, -0.05) is 30.7 Å². The van der Waals surface area contributed by atoms with Crippen LogP contribution in [-0.2, 0) is 15.1 Å². The Morgan fingerprint density at radius 2 is 1.62 bits per heavy atom. The molecule has 0 saturated carbocycles. The Morgan fingerprint density at radius 3 is 2.17 bits per heavy atom. The molecule has 1 atom stereocenters. The van der Waals surface area contributed by atoms with Gasteiger partial charge >= 0.3 is 5.97 Å². The number of benzene rings is 2. The topological polar surface area (TPSA) is 55.8 Å². The van der Waals surface area contributed by atoms with Gasteiger partial charge in [0.05, 0.1) is 12.2 Å². The fourth-order valence-electron chi connectivity index (χ4n) is 2.13. The second-order valence-electron chi connectivity index (χ2n) is 5.68. The van der Waals surface area contributed by atoms with E-state index in [-0.39, 0.29) is 12.6 Å². The highest BCUT2D eigenvalue weighted by molar-refractivity contribution is 6.30. The second kappa shape index (κ2) is 8.18. The van der Waals surface area contributed by atoms with Gasteiger partial charge in [0.25, 0.3) is 0 Å². The minimum absolute atomic E-state index is 0.183. The summed E-state index contributed by atoms with van der Waals surface area (Å²) in [5, 5.41) is 11.2. The summed E-state index contributed by atoms with van der Waals surface area (Å²) < 4.78 is 10.7. The molecule has 0 aliphatic carbocycles. The highest BCUT2D eigenvalue weighted by Gasteiger charge is 2.23. The number of ether oxygens (including phenoxy) is 2. The molecule has 0 radical (unpaired) electrons. The quantitative estimate of drug-likeness (QED) is 0.738. The molecule has 0 aliphatic heterocycles. The molecular formula is C19H21ClO4. The molecule has 0 saturated heterocycles. The van der Waals surface area contributed by atoms with Crippen LogP contribution < -0.4 is 4.74 Å². The molecule has 2 aromatic rings. The number of rotatable bonds is 7. The highest BCUT2D eigenvalue weighted by atomic mass is 35.5. The number of carbonyl (C=O) groups is 1. The summed E-state index contributed by atoms with van der Waals surface area (Å²) in [6.07, 6.45) is 0.662. The summed E-state index contributed by atoms with van der Waals surface area (Å²) in [5.41, 5.74) is -0.342. The third-order valence-corrected chi connectivity index (χ3v) is 3.92. The Bertz CT molecular complexity index is 663. The zero-order valence-electron chi connectivity index (χ0n) is 13.8. The largest absolute Gasteiger partial charge is 0.466 e. The van der Waals surface area contributed by atoms with Gasteiger partial charge in [0, 0.05) is 17.9 Å². The number of hydrogen-bond acceptors (Lipinski definition) is 4. The maximum atomic E-state index is 11.1. The van der Waals surface area contributed by atoms with Gasteiger partial charge in [0.2, 0.25) is 0 Å². The van der Waals surface area contributed by atoms with Gasteiger partial charge in [-0.3, -0.25) is 4.79 Å². The average Bonchev–Trinajstić information content (AvgIpc) is 2.57. The van der Waals surface area contributed by atoms with E-state index in [0.29, 0.717) is 29.4 Å². The summed E-state index contributed by atoms with van der Waals surface area (Å²) in [7, 11) is 0. The summed E-state index contributed by atoms with van der Waals surface area (Å²) in [5.74, 6) is 1.08. The van der Waals surface area contributed by atoms with Crippen LogP contribution in [0.3, 0.4) is 0 Å². The van der Waals surface area contributed by atoms with E-state index >= 15 is 0 Å². The number of carbonyl (C=O) groups excluding carboxylic acids is 1. The molecule has 0 aromatic heterocycles. The SMILES string of the molecule is CCC(=O)OCCC(C)(O)c1ccc(Oc2ccc(Cl)cc2)cc1. The Labute approximate surface area is 147 Å². The van der Waals surface area contributed by atoms with Crippen molar-refractivity contribution in [3.63, 3.8) is 0 Å². The van der Waals surface area contributed by atoms with Crippen LogP contribution in [0.25, 0.3) is 0 Å². The summed E-state index contributed by atoms with van der Waals surface area (Å²) in [6, 6.07) is 14.3. The van der Waals surface area contributed by atoms with E-state index in [0.717, 1.165) is 5.56 Å². The van der Waals surface area contributed by atoms with Crippen LogP contribution in [0.5, 0.6) is 11.5 Å². The summed E-state index contributed by atoms with van der Waals surface area (Å²) >= 11 is 5.84. The van der Waals surface area contributed by atoms with Gasteiger partial charge in [-0.15, -0.1) is 0 Å². The normalized spacial score (nSPS) is 13.2. The molecule has 1 N–H and O–H groups in total. The lowest BCUT2D eigenvalue weighted by Gasteiger charge is -2.23. The van der Waals surface area contributed by atoms with E-state index in [1.165, 1.54) is 0 Å². The molecule has 0 fully saturated rings. The number of aliphatic hydroxyl groups is 1. The van der Waals surface area contributed by atoms with Crippen molar-refractivity contribution in [3.05, 3.63) is 59.1 Å². The summed E-state index contributed by atoms with van der Waals surface area (Å²) in [4.78, 5) is 11.1. The van der Waals surface area contributed by atoms with Crippen molar-refractivity contribution in [2.45, 2.75) is 32.3 Å². The van der Waals surface area contributed by atoms with Gasteiger partial charge < -0.3 is 14.6 Å². The molecule has 5 heteroatoms. The lowest BCUT2D eigenvalue weighted by Crippen LogP contribution is -2.24. The molecule has 0 spiro atoms. The van der Waals surface area contributed by atoms with Gasteiger partial charge in [0.1, 0.15) is 11.5 Å². The molecular weight excluding hydrogens is 328 g/mol. The zero-order valence-corrected chi connectivity index (χ0v) is 14.5. The van der Waals surface area contributed by atoms with Gasteiger partial charge in [-0.05, 0) is 48.9 Å². The molecule has 2 aromatic carbocycles. The van der Waals surface area contributed by atoms with Crippen LogP contribution in [0.15, 0.2) is 48.5 Å². The third kappa shape index (κ3) is 5.25. The minimum Gasteiger partial charge on any atom is -0.466 e. The molecule has 0 heterocycles. The predicted octanol–water partition coefficient (Wildman–Crippen LogP) is 4.68. The zero-order chi connectivity index (χ0) is 17.6. The maximum absolute atomic E-state index is 11.1. The fourth-order valence-corrected chi connectivity index (χ4v) is 2.26. The van der Waals surface area contributed by atoms with Crippen LogP contribution >= 0.6 is 11.6 Å². The van der Waals surface area contributed by atoms with Crippen LogP contribution in [0.4, 0.5) is 0 Å². The molecule has 0 amide bonds. The van der Waals surface area contributed by atoms with Crippen LogP contribution in [0, 0.1) is 0 Å². The van der Waals surface area contributed by atoms with Crippen molar-refractivity contribution >= 4 is 17.6 Å². The van der Waals surface area contributed by atoms with Crippen molar-refractivity contribution in [1.82, 2.24) is 0 Å². The van der Waals surface area contributed by atoms with E-state index in [1.807, 2.05) is 0 Å². The van der Waals surface area contributed by atoms with E-state index in [1.54, 1.807) is 62.4 Å². The maximum Gasteiger partial charge on any atom is 0.305 e. The predicted molar refractivity (Wildman–Crippen MR) is 93.4 cm³/mol. The Balaban J connectivity index is 1.97. The molecule has 128 valence electrons. The molecule has 1 unspecified atom stereocenters. The number of esters is 1. The fraction of sp³-hybridized carbons (Fsp3) is 0.316. The Kier molecular flexibility index (Phi) is 6.23. The van der Waals surface area contributed by atoms with Crippen molar-refractivity contribution in [3.8, 4) is 11.5 Å². The van der Waals surface area contributed by atoms with Crippen molar-refractivity contribution in [2.75, 3.05) is 6.61 Å². The van der Waals surface area contributed by atoms with E-state index in [2.05, 4.69) is 0 Å². The monoisotopic (exact) mass is 348 g/mol. The van der Waals surface area contributed by atoms with Gasteiger partial charge in [-0.25, -0.2) is 0 Å². The van der Waals surface area contributed by atoms with Crippen LogP contribution in [-0.4, -0.2) is 17.7 Å². The van der Waals surface area contributed by atoms with Crippen molar-refractivity contribution < 1.29 is 19.4 Å². The Morgan fingerprint density at radius 1 is 1.08 bits per heavy atom. The molecule has 0 aliphatic rings. The first-order valence-electron chi connectivity index (χ1n) is 7.82. The van der Waals surface area contributed by atoms with E-state index in [4.69, 9.17) is 21.1 Å². The third-order valence-electron chi connectivity index (χ3n) is 3.67. The first-order valence-corrected chi connectivity index (χ1v) is 8.20. The van der Waals surface area contributed by atoms with E-state index < -0.39 is 5.60 Å². The first-order chi connectivity index (χ1) is 11.4. The molecule has 0 bridgehead atoms. The van der Waals surface area contributed by atoms with Crippen LogP contribution in [0.1, 0.15) is 32.3 Å². The highest BCUT2D eigenvalue weighted by Crippen LogP contribution is 2.28. The lowest BCUT2D eigenvalue weighted by atomic mass is 9.93. The molecule has 4 nitrogen and oxygen atoms in total. The first kappa shape index (κ1) is 18.3. The lowest BCUT2D eigenvalue weighted by molar-refractivity contribution is -0.144. The second-order valence-corrected chi connectivity index (χ2v) is 6.11. The van der Waals surface area contributed by atoms with Gasteiger partial charge in [0.15, 0.2) is 0 Å². The number of hydrogen-bond donors (Lipinski definition) is 1. The standard InChI is InChI=1S/C19H21ClO4/c1-3-18(21)23-13-12-19(2,22)14-4-8-16(9-5-14)24-17-10-6-15(20)7-11-17/h4-11,22H,3,12-13H2,1-2H3. The van der Waals surface area contributed by atoms with Crippen LogP contribution in [0.2, 0.25) is 5.02 Å². The smallest absolute Gasteiger partial charge is 0.305 e. The minimum atomic E-state index is -1.08. The van der Waals surface area contributed by atoms with Crippen molar-refractivity contribution in [2.24, 2.45) is 0 Å². The Hall–Kier alpha value is -2.04. The molecule has 24 heavy (non-hydrogen) atoms. The van der Waals surface area contributed by atoms with Crippen molar-refractivity contribution in [1.29, 1.82) is 0 Å². The average molecular weight is 349 g/mol. The van der Waals surface area contributed by atoms with E-state index in [9.17, 15) is 9.90 Å². The van der Waals surface area contributed by atoms with Gasteiger partial charge in [-0.2, -0.15) is 0 Å². The summed E-state index contributed by atoms with van der Waals surface area (Å²) in [6.45, 7) is 3.62. The number of halogens is 1.